The highest BCUT2D eigenvalue weighted by atomic mass is 32.1. The van der Waals surface area contributed by atoms with Crippen molar-refractivity contribution in [2.45, 2.75) is 52.0 Å². The molecule has 1 aliphatic carbocycles. The molecule has 8 heteroatoms. The quantitative estimate of drug-likeness (QED) is 0.329. The second-order valence-corrected chi connectivity index (χ2v) is 8.61. The number of thiazole rings is 1. The minimum absolute atomic E-state index is 0.505. The minimum Gasteiger partial charge on any atom is -0.493 e. The molecule has 31 heavy (non-hydrogen) atoms. The molecule has 2 N–H and O–H groups in total. The third-order valence-electron chi connectivity index (χ3n) is 5.24. The standard InChI is InChI=1S/C23H34N4O3S/c1-5-24-23(25-12-8-11-21-27-17-9-6-7-10-20(17)31-21)26-15-16-13-18(28-2)22(30-4)19(14-16)29-3/h13-14H,5-12,15H2,1-4H3,(H2,24,25,26). The molecule has 7 nitrogen and oxygen atoms in total. The molecule has 0 saturated heterocycles. The van der Waals surface area contributed by atoms with Crippen LogP contribution in [0.25, 0.3) is 0 Å². The molecule has 0 aliphatic heterocycles. The zero-order valence-electron chi connectivity index (χ0n) is 19.0. The van der Waals surface area contributed by atoms with Crippen LogP contribution in [0, 0.1) is 0 Å². The van der Waals surface area contributed by atoms with Crippen molar-refractivity contribution >= 4 is 17.3 Å². The van der Waals surface area contributed by atoms with E-state index in [1.165, 1.54) is 34.8 Å². The summed E-state index contributed by atoms with van der Waals surface area (Å²) in [5.41, 5.74) is 2.33. The first-order valence-corrected chi connectivity index (χ1v) is 11.8. The van der Waals surface area contributed by atoms with Gasteiger partial charge in [0.1, 0.15) is 0 Å². The van der Waals surface area contributed by atoms with E-state index in [0.717, 1.165) is 43.9 Å². The summed E-state index contributed by atoms with van der Waals surface area (Å²) in [6.07, 6.45) is 7.00. The summed E-state index contributed by atoms with van der Waals surface area (Å²) in [5.74, 6) is 2.66. The fourth-order valence-corrected chi connectivity index (χ4v) is 4.90. The minimum atomic E-state index is 0.505. The van der Waals surface area contributed by atoms with Gasteiger partial charge in [0.15, 0.2) is 17.5 Å². The molecule has 0 spiro atoms. The van der Waals surface area contributed by atoms with Crippen molar-refractivity contribution in [1.82, 2.24) is 15.6 Å². The van der Waals surface area contributed by atoms with Crippen molar-refractivity contribution in [2.24, 2.45) is 4.99 Å². The largest absolute Gasteiger partial charge is 0.493 e. The highest BCUT2D eigenvalue weighted by molar-refractivity contribution is 7.11. The molecule has 2 aromatic rings. The molecule has 0 amide bonds. The summed E-state index contributed by atoms with van der Waals surface area (Å²) in [5, 5.41) is 8.01. The molecule has 0 saturated carbocycles. The SMILES string of the molecule is CCNC(=NCc1cc(OC)c(OC)c(OC)c1)NCCCc1nc2c(s1)CCCC2. The fourth-order valence-electron chi connectivity index (χ4n) is 3.70. The van der Waals surface area contributed by atoms with E-state index < -0.39 is 0 Å². The second kappa shape index (κ2) is 11.8. The van der Waals surface area contributed by atoms with Crippen LogP contribution < -0.4 is 24.8 Å². The van der Waals surface area contributed by atoms with Crippen LogP contribution in [-0.4, -0.2) is 45.4 Å². The third-order valence-corrected chi connectivity index (χ3v) is 6.46. The van der Waals surface area contributed by atoms with Crippen LogP contribution >= 0.6 is 11.3 Å². The Balaban J connectivity index is 1.55. The Kier molecular flexibility index (Phi) is 8.82. The molecule has 1 aromatic heterocycles. The second-order valence-electron chi connectivity index (χ2n) is 7.44. The van der Waals surface area contributed by atoms with Crippen LogP contribution in [0.1, 0.15) is 47.3 Å². The van der Waals surface area contributed by atoms with E-state index in [9.17, 15) is 0 Å². The summed E-state index contributed by atoms with van der Waals surface area (Å²) >= 11 is 1.90. The number of ether oxygens (including phenoxy) is 3. The Morgan fingerprint density at radius 2 is 1.81 bits per heavy atom. The van der Waals surface area contributed by atoms with Crippen LogP contribution in [0.3, 0.4) is 0 Å². The van der Waals surface area contributed by atoms with Gasteiger partial charge in [0, 0.05) is 24.4 Å². The lowest BCUT2D eigenvalue weighted by Crippen LogP contribution is -2.37. The zero-order chi connectivity index (χ0) is 22.1. The zero-order valence-corrected chi connectivity index (χ0v) is 19.9. The topological polar surface area (TPSA) is 77.0 Å². The van der Waals surface area contributed by atoms with E-state index >= 15 is 0 Å². The third kappa shape index (κ3) is 6.26. The molecule has 1 heterocycles. The fraction of sp³-hybridized carbons (Fsp3) is 0.565. The predicted octanol–water partition coefficient (Wildman–Crippen LogP) is 3.74. The monoisotopic (exact) mass is 446 g/mol. The maximum atomic E-state index is 5.44. The number of aliphatic imine (C=N–C) groups is 1. The number of guanidine groups is 1. The van der Waals surface area contributed by atoms with Gasteiger partial charge in [-0.3, -0.25) is 0 Å². The Bertz CT molecular complexity index is 833. The molecule has 170 valence electrons. The van der Waals surface area contributed by atoms with E-state index in [1.54, 1.807) is 21.3 Å². The number of fused-ring (bicyclic) bond motifs is 1. The van der Waals surface area contributed by atoms with Gasteiger partial charge in [-0.25, -0.2) is 9.98 Å². The average Bonchev–Trinajstić information content (AvgIpc) is 3.22. The maximum absolute atomic E-state index is 5.44. The van der Waals surface area contributed by atoms with Crippen LogP contribution in [0.5, 0.6) is 17.2 Å². The van der Waals surface area contributed by atoms with Crippen molar-refractivity contribution in [3.63, 3.8) is 0 Å². The van der Waals surface area contributed by atoms with Gasteiger partial charge in [-0.2, -0.15) is 0 Å². The summed E-state index contributed by atoms with van der Waals surface area (Å²) in [6, 6.07) is 3.86. The summed E-state index contributed by atoms with van der Waals surface area (Å²) in [7, 11) is 4.84. The first kappa shape index (κ1) is 23.2. The van der Waals surface area contributed by atoms with Crippen LogP contribution in [0.4, 0.5) is 0 Å². The lowest BCUT2D eigenvalue weighted by molar-refractivity contribution is 0.324. The van der Waals surface area contributed by atoms with E-state index in [-0.39, 0.29) is 0 Å². The molecule has 3 rings (SSSR count). The molecule has 0 bridgehead atoms. The number of hydrogen-bond acceptors (Lipinski definition) is 6. The number of hydrogen-bond donors (Lipinski definition) is 2. The van der Waals surface area contributed by atoms with Crippen LogP contribution in [0.2, 0.25) is 0 Å². The molecule has 0 radical (unpaired) electrons. The molecule has 0 fully saturated rings. The van der Waals surface area contributed by atoms with Crippen molar-refractivity contribution in [2.75, 3.05) is 34.4 Å². The lowest BCUT2D eigenvalue weighted by atomic mass is 10.0. The van der Waals surface area contributed by atoms with Gasteiger partial charge in [0.2, 0.25) is 5.75 Å². The molecule has 0 atom stereocenters. The van der Waals surface area contributed by atoms with E-state index in [1.807, 2.05) is 23.5 Å². The number of nitrogens with one attached hydrogen (secondary N) is 2. The summed E-state index contributed by atoms with van der Waals surface area (Å²) in [6.45, 7) is 4.23. The number of aryl methyl sites for hydroxylation is 3. The maximum Gasteiger partial charge on any atom is 0.203 e. The van der Waals surface area contributed by atoms with Crippen molar-refractivity contribution < 1.29 is 14.2 Å². The van der Waals surface area contributed by atoms with Gasteiger partial charge in [-0.15, -0.1) is 11.3 Å². The Labute approximate surface area is 189 Å². The van der Waals surface area contributed by atoms with Gasteiger partial charge in [0.05, 0.1) is 38.6 Å². The van der Waals surface area contributed by atoms with E-state index in [4.69, 9.17) is 24.2 Å². The highest BCUT2D eigenvalue weighted by Crippen LogP contribution is 2.38. The van der Waals surface area contributed by atoms with Crippen molar-refractivity contribution in [3.8, 4) is 17.2 Å². The van der Waals surface area contributed by atoms with Gasteiger partial charge in [0.25, 0.3) is 0 Å². The Hall–Kier alpha value is -2.48. The van der Waals surface area contributed by atoms with Crippen LogP contribution in [-0.2, 0) is 25.8 Å². The average molecular weight is 447 g/mol. The van der Waals surface area contributed by atoms with E-state index in [0.29, 0.717) is 23.8 Å². The van der Waals surface area contributed by atoms with Gasteiger partial charge < -0.3 is 24.8 Å². The Morgan fingerprint density at radius 3 is 2.45 bits per heavy atom. The number of methoxy groups -OCH3 is 3. The highest BCUT2D eigenvalue weighted by Gasteiger charge is 2.15. The number of aromatic nitrogens is 1. The van der Waals surface area contributed by atoms with Crippen molar-refractivity contribution in [1.29, 1.82) is 0 Å². The van der Waals surface area contributed by atoms with Gasteiger partial charge in [-0.1, -0.05) is 0 Å². The Morgan fingerprint density at radius 1 is 1.06 bits per heavy atom. The summed E-state index contributed by atoms with van der Waals surface area (Å²) < 4.78 is 16.3. The van der Waals surface area contributed by atoms with Gasteiger partial charge >= 0.3 is 0 Å². The first-order valence-electron chi connectivity index (χ1n) is 11.0. The number of rotatable bonds is 10. The van der Waals surface area contributed by atoms with Crippen molar-refractivity contribution in [3.05, 3.63) is 33.3 Å². The smallest absolute Gasteiger partial charge is 0.203 e. The molecule has 1 aliphatic rings. The first-order chi connectivity index (χ1) is 15.2. The molecular weight excluding hydrogens is 412 g/mol. The summed E-state index contributed by atoms with van der Waals surface area (Å²) in [4.78, 5) is 11.1. The molecular formula is C23H34N4O3S. The van der Waals surface area contributed by atoms with E-state index in [2.05, 4.69) is 17.6 Å². The molecule has 1 aromatic carbocycles. The lowest BCUT2D eigenvalue weighted by Gasteiger charge is -2.14. The normalized spacial score (nSPS) is 13.5. The number of benzene rings is 1. The van der Waals surface area contributed by atoms with Gasteiger partial charge in [-0.05, 0) is 56.7 Å². The van der Waals surface area contributed by atoms with Crippen LogP contribution in [0.15, 0.2) is 17.1 Å². The number of nitrogens with zero attached hydrogens (tertiary/aromatic N) is 2. The predicted molar refractivity (Wildman–Crippen MR) is 126 cm³/mol. The molecule has 0 unspecified atom stereocenters.